The maximum absolute atomic E-state index is 11.8. The monoisotopic (exact) mass is 565 g/mol. The number of hydrogen-bond acceptors (Lipinski definition) is 5. The molecule has 5 heteroatoms. The minimum atomic E-state index is -0.439. The Balaban J connectivity index is 1.37. The number of carbonyl (C=O) groups excluding carboxylic acids is 2. The zero-order valence-electron chi connectivity index (χ0n) is 24.1. The Bertz CT molecular complexity index is 1640. The summed E-state index contributed by atoms with van der Waals surface area (Å²) in [7, 11) is 0. The van der Waals surface area contributed by atoms with Crippen LogP contribution in [0.3, 0.4) is 0 Å². The molecule has 0 spiro atoms. The molecule has 0 heterocycles. The first kappa shape index (κ1) is 28.8. The third kappa shape index (κ3) is 6.97. The highest BCUT2D eigenvalue weighted by Crippen LogP contribution is 2.37. The van der Waals surface area contributed by atoms with Crippen molar-refractivity contribution in [2.24, 2.45) is 0 Å². The van der Waals surface area contributed by atoms with E-state index in [-0.39, 0.29) is 0 Å². The second-order valence-electron chi connectivity index (χ2n) is 10.2. The molecule has 0 amide bonds. The van der Waals surface area contributed by atoms with Crippen molar-refractivity contribution in [2.45, 2.75) is 13.8 Å². The molecule has 0 saturated heterocycles. The summed E-state index contributed by atoms with van der Waals surface area (Å²) in [4.78, 5) is 25.8. The van der Waals surface area contributed by atoms with Crippen LogP contribution in [0.15, 0.2) is 152 Å². The van der Waals surface area contributed by atoms with Crippen LogP contribution < -0.4 is 14.4 Å². The molecule has 5 nitrogen and oxygen atoms in total. The van der Waals surface area contributed by atoms with Crippen LogP contribution in [-0.4, -0.2) is 11.9 Å². The first-order chi connectivity index (χ1) is 20.8. The summed E-state index contributed by atoms with van der Waals surface area (Å²) >= 11 is 0. The van der Waals surface area contributed by atoms with E-state index in [1.165, 1.54) is 0 Å². The van der Waals surface area contributed by atoms with E-state index >= 15 is 0 Å². The minimum absolute atomic E-state index is 0.356. The number of ether oxygens (including phenoxy) is 2. The van der Waals surface area contributed by atoms with Gasteiger partial charge in [-0.1, -0.05) is 79.9 Å². The van der Waals surface area contributed by atoms with E-state index in [9.17, 15) is 9.59 Å². The summed E-state index contributed by atoms with van der Waals surface area (Å²) < 4.78 is 10.6. The molecule has 0 aliphatic heterocycles. The summed E-state index contributed by atoms with van der Waals surface area (Å²) in [6, 6.07) is 41.8. The predicted octanol–water partition coefficient (Wildman–Crippen LogP) is 9.45. The minimum Gasteiger partial charge on any atom is -0.423 e. The summed E-state index contributed by atoms with van der Waals surface area (Å²) in [5.41, 5.74) is 7.89. The molecule has 0 N–H and O–H groups in total. The quantitative estimate of drug-likeness (QED) is 0.101. The Morgan fingerprint density at radius 3 is 1.09 bits per heavy atom. The molecular formula is C38H31NO4. The summed E-state index contributed by atoms with van der Waals surface area (Å²) in [6.07, 6.45) is 0. The zero-order chi connectivity index (χ0) is 30.3. The molecule has 0 aliphatic carbocycles. The molecule has 5 aromatic carbocycles. The Morgan fingerprint density at radius 1 is 0.465 bits per heavy atom. The third-order valence-corrected chi connectivity index (χ3v) is 6.76. The van der Waals surface area contributed by atoms with E-state index < -0.39 is 11.9 Å². The topological polar surface area (TPSA) is 55.8 Å². The van der Waals surface area contributed by atoms with Crippen molar-refractivity contribution in [3.63, 3.8) is 0 Å². The van der Waals surface area contributed by atoms with E-state index in [0.717, 1.165) is 39.3 Å². The Kier molecular flexibility index (Phi) is 8.63. The van der Waals surface area contributed by atoms with Crippen LogP contribution in [0.2, 0.25) is 0 Å². The van der Waals surface area contributed by atoms with Crippen molar-refractivity contribution in [3.05, 3.63) is 152 Å². The van der Waals surface area contributed by atoms with E-state index in [0.29, 0.717) is 22.6 Å². The second-order valence-corrected chi connectivity index (χ2v) is 10.2. The number of esters is 2. The molecule has 0 radical (unpaired) electrons. The summed E-state index contributed by atoms with van der Waals surface area (Å²) in [5.74, 6) is 0.0831. The van der Waals surface area contributed by atoms with E-state index in [4.69, 9.17) is 9.47 Å². The number of carbonyl (C=O) groups is 2. The fourth-order valence-electron chi connectivity index (χ4n) is 4.45. The molecule has 0 aromatic heterocycles. The van der Waals surface area contributed by atoms with E-state index in [1.807, 2.05) is 42.5 Å². The molecule has 43 heavy (non-hydrogen) atoms. The number of nitrogens with zero attached hydrogens (tertiary/aromatic N) is 1. The highest BCUT2D eigenvalue weighted by molar-refractivity contribution is 5.89. The first-order valence-electron chi connectivity index (χ1n) is 13.8. The van der Waals surface area contributed by atoms with Gasteiger partial charge in [-0.25, -0.2) is 9.59 Å². The lowest BCUT2D eigenvalue weighted by atomic mass is 10.0. The van der Waals surface area contributed by atoms with Crippen molar-refractivity contribution in [1.29, 1.82) is 0 Å². The lowest BCUT2D eigenvalue weighted by molar-refractivity contribution is -0.130. The van der Waals surface area contributed by atoms with Crippen molar-refractivity contribution in [3.8, 4) is 33.8 Å². The average molecular weight is 566 g/mol. The number of para-hydroxylation sites is 1. The molecule has 0 atom stereocenters. The van der Waals surface area contributed by atoms with Gasteiger partial charge >= 0.3 is 11.9 Å². The van der Waals surface area contributed by atoms with Gasteiger partial charge in [0.1, 0.15) is 11.5 Å². The first-order valence-corrected chi connectivity index (χ1v) is 13.8. The molecule has 0 saturated carbocycles. The maximum Gasteiger partial charge on any atom is 0.338 e. The van der Waals surface area contributed by atoms with Gasteiger partial charge in [0.15, 0.2) is 0 Å². The molecule has 0 fully saturated rings. The molecule has 0 bridgehead atoms. The standard InChI is InChI=1S/C38H31NO4/c1-26(2)37(40)42-35-22-14-30(15-23-35)28-10-18-33(19-11-28)39(32-8-6-5-7-9-32)34-20-12-29(13-21-34)31-16-24-36(25-17-31)43-38(41)27(3)4/h5-25H,1,3H2,2,4H3. The molecule has 5 rings (SSSR count). The van der Waals surface area contributed by atoms with Gasteiger partial charge in [0.25, 0.3) is 0 Å². The molecule has 5 aromatic rings. The molecule has 0 aliphatic rings. The molecule has 212 valence electrons. The van der Waals surface area contributed by atoms with Crippen LogP contribution in [-0.2, 0) is 9.59 Å². The van der Waals surface area contributed by atoms with Crippen molar-refractivity contribution in [2.75, 3.05) is 4.90 Å². The van der Waals surface area contributed by atoms with Crippen molar-refractivity contribution >= 4 is 29.0 Å². The smallest absolute Gasteiger partial charge is 0.338 e. The number of hydrogen-bond donors (Lipinski definition) is 0. The summed E-state index contributed by atoms with van der Waals surface area (Å²) in [5, 5.41) is 0. The SMILES string of the molecule is C=C(C)C(=O)Oc1ccc(-c2ccc(N(c3ccccc3)c3ccc(-c4ccc(OC(=O)C(=C)C)cc4)cc3)cc2)cc1. The van der Waals surface area contributed by atoms with Crippen LogP contribution in [0.5, 0.6) is 11.5 Å². The number of anilines is 3. The zero-order valence-corrected chi connectivity index (χ0v) is 24.1. The van der Waals surface area contributed by atoms with Crippen molar-refractivity contribution in [1.82, 2.24) is 0 Å². The van der Waals surface area contributed by atoms with Gasteiger partial charge in [-0.3, -0.25) is 0 Å². The van der Waals surface area contributed by atoms with E-state index in [2.05, 4.69) is 78.7 Å². The second kappa shape index (κ2) is 12.9. The number of benzene rings is 5. The normalized spacial score (nSPS) is 10.5. The van der Waals surface area contributed by atoms with Crippen LogP contribution in [0.4, 0.5) is 17.1 Å². The lowest BCUT2D eigenvalue weighted by Crippen LogP contribution is -2.09. The molecule has 0 unspecified atom stereocenters. The lowest BCUT2D eigenvalue weighted by Gasteiger charge is -2.26. The highest BCUT2D eigenvalue weighted by Gasteiger charge is 2.13. The van der Waals surface area contributed by atoms with E-state index in [1.54, 1.807) is 38.1 Å². The largest absolute Gasteiger partial charge is 0.423 e. The van der Waals surface area contributed by atoms with Gasteiger partial charge in [0.05, 0.1) is 0 Å². The third-order valence-electron chi connectivity index (χ3n) is 6.76. The average Bonchev–Trinajstić information content (AvgIpc) is 3.03. The van der Waals surface area contributed by atoms with Gasteiger partial charge in [-0.05, 0) is 96.8 Å². The van der Waals surface area contributed by atoms with Gasteiger partial charge in [0, 0.05) is 28.2 Å². The summed E-state index contributed by atoms with van der Waals surface area (Å²) in [6.45, 7) is 10.5. The van der Waals surface area contributed by atoms with Gasteiger partial charge in [0.2, 0.25) is 0 Å². The maximum atomic E-state index is 11.8. The van der Waals surface area contributed by atoms with Gasteiger partial charge in [-0.2, -0.15) is 0 Å². The Morgan fingerprint density at radius 2 is 0.767 bits per heavy atom. The highest BCUT2D eigenvalue weighted by atomic mass is 16.5. The van der Waals surface area contributed by atoms with Gasteiger partial charge < -0.3 is 14.4 Å². The van der Waals surface area contributed by atoms with Crippen LogP contribution >= 0.6 is 0 Å². The van der Waals surface area contributed by atoms with Crippen molar-refractivity contribution < 1.29 is 19.1 Å². The fourth-order valence-corrected chi connectivity index (χ4v) is 4.45. The number of rotatable bonds is 9. The van der Waals surface area contributed by atoms with Crippen LogP contribution in [0.1, 0.15) is 13.8 Å². The van der Waals surface area contributed by atoms with Crippen LogP contribution in [0, 0.1) is 0 Å². The molecular weight excluding hydrogens is 534 g/mol. The predicted molar refractivity (Wildman–Crippen MR) is 173 cm³/mol. The Labute approximate surface area is 252 Å². The Hall–Kier alpha value is -5.68. The van der Waals surface area contributed by atoms with Crippen LogP contribution in [0.25, 0.3) is 22.3 Å². The van der Waals surface area contributed by atoms with Gasteiger partial charge in [-0.15, -0.1) is 0 Å². The fraction of sp³-hybridized carbons (Fsp3) is 0.0526.